The quantitative estimate of drug-likeness (QED) is 0.897. The molecular formula is C15H13FO2. The van der Waals surface area contributed by atoms with Gasteiger partial charge in [-0.05, 0) is 35.2 Å². The normalized spacial score (nSPS) is 10.3. The fourth-order valence-corrected chi connectivity index (χ4v) is 1.89. The first-order valence-corrected chi connectivity index (χ1v) is 5.68. The SMILES string of the molecule is O=C(O)Cc1ccccc1Cc1ccc(F)cc1. The molecule has 0 fully saturated rings. The maximum absolute atomic E-state index is 12.8. The van der Waals surface area contributed by atoms with Gasteiger partial charge in [-0.3, -0.25) is 4.79 Å². The number of hydrogen-bond donors (Lipinski definition) is 1. The predicted molar refractivity (Wildman–Crippen MR) is 67.0 cm³/mol. The van der Waals surface area contributed by atoms with Gasteiger partial charge in [-0.25, -0.2) is 4.39 Å². The van der Waals surface area contributed by atoms with E-state index in [0.717, 1.165) is 16.7 Å². The summed E-state index contributed by atoms with van der Waals surface area (Å²) in [6.45, 7) is 0. The van der Waals surface area contributed by atoms with Crippen LogP contribution in [0.5, 0.6) is 0 Å². The van der Waals surface area contributed by atoms with Crippen molar-refractivity contribution in [2.45, 2.75) is 12.8 Å². The lowest BCUT2D eigenvalue weighted by molar-refractivity contribution is -0.136. The Morgan fingerprint density at radius 2 is 1.61 bits per heavy atom. The molecule has 3 heteroatoms. The Morgan fingerprint density at radius 1 is 1.00 bits per heavy atom. The summed E-state index contributed by atoms with van der Waals surface area (Å²) in [5, 5.41) is 8.84. The molecule has 0 unspecified atom stereocenters. The lowest BCUT2D eigenvalue weighted by Crippen LogP contribution is -2.04. The third-order valence-corrected chi connectivity index (χ3v) is 2.77. The maximum atomic E-state index is 12.8. The highest BCUT2D eigenvalue weighted by atomic mass is 19.1. The molecule has 0 saturated heterocycles. The molecule has 0 aliphatic heterocycles. The standard InChI is InChI=1S/C15H13FO2/c16-14-7-5-11(6-8-14)9-12-3-1-2-4-13(12)10-15(17)18/h1-8H,9-10H2,(H,17,18). The summed E-state index contributed by atoms with van der Waals surface area (Å²) in [5.41, 5.74) is 2.73. The van der Waals surface area contributed by atoms with Gasteiger partial charge in [0.1, 0.15) is 5.82 Å². The highest BCUT2D eigenvalue weighted by Crippen LogP contribution is 2.15. The van der Waals surface area contributed by atoms with Crippen LogP contribution < -0.4 is 0 Å². The number of aliphatic carboxylic acids is 1. The summed E-state index contributed by atoms with van der Waals surface area (Å²) in [4.78, 5) is 10.8. The molecule has 0 aliphatic carbocycles. The van der Waals surface area contributed by atoms with Crippen molar-refractivity contribution in [1.82, 2.24) is 0 Å². The summed E-state index contributed by atoms with van der Waals surface area (Å²) in [7, 11) is 0. The molecule has 0 atom stereocenters. The lowest BCUT2D eigenvalue weighted by atomic mass is 9.98. The summed E-state index contributed by atoms with van der Waals surface area (Å²) < 4.78 is 12.8. The van der Waals surface area contributed by atoms with Crippen LogP contribution in [0.25, 0.3) is 0 Å². The molecule has 0 bridgehead atoms. The molecule has 18 heavy (non-hydrogen) atoms. The summed E-state index contributed by atoms with van der Waals surface area (Å²) in [6.07, 6.45) is 0.626. The van der Waals surface area contributed by atoms with Gasteiger partial charge in [0.15, 0.2) is 0 Å². The number of benzene rings is 2. The Hall–Kier alpha value is -2.16. The highest BCUT2D eigenvalue weighted by Gasteiger charge is 2.06. The van der Waals surface area contributed by atoms with Gasteiger partial charge in [0.2, 0.25) is 0 Å². The van der Waals surface area contributed by atoms with Crippen LogP contribution in [0.1, 0.15) is 16.7 Å². The first-order chi connectivity index (χ1) is 8.65. The van der Waals surface area contributed by atoms with Gasteiger partial charge in [-0.2, -0.15) is 0 Å². The second kappa shape index (κ2) is 5.45. The van der Waals surface area contributed by atoms with Gasteiger partial charge < -0.3 is 5.11 Å². The summed E-state index contributed by atoms with van der Waals surface area (Å²) in [5.74, 6) is -1.11. The van der Waals surface area contributed by atoms with Crippen LogP contribution in [0.15, 0.2) is 48.5 Å². The minimum absolute atomic E-state index is 0.0113. The van der Waals surface area contributed by atoms with Crippen LogP contribution in [-0.2, 0) is 17.6 Å². The number of rotatable bonds is 4. The molecule has 1 N–H and O–H groups in total. The van der Waals surface area contributed by atoms with Gasteiger partial charge in [0, 0.05) is 0 Å². The Labute approximate surface area is 105 Å². The van der Waals surface area contributed by atoms with E-state index in [1.807, 2.05) is 24.3 Å². The summed E-state index contributed by atoms with van der Waals surface area (Å²) in [6, 6.07) is 13.7. The molecule has 0 heterocycles. The molecule has 0 aromatic heterocycles. The topological polar surface area (TPSA) is 37.3 Å². The number of carboxylic acids is 1. The van der Waals surface area contributed by atoms with Gasteiger partial charge in [0.25, 0.3) is 0 Å². The maximum Gasteiger partial charge on any atom is 0.307 e. The molecule has 2 aromatic carbocycles. The third-order valence-electron chi connectivity index (χ3n) is 2.77. The largest absolute Gasteiger partial charge is 0.481 e. The van der Waals surface area contributed by atoms with E-state index in [0.29, 0.717) is 6.42 Å². The number of carbonyl (C=O) groups is 1. The van der Waals surface area contributed by atoms with E-state index >= 15 is 0 Å². The minimum atomic E-state index is -0.846. The van der Waals surface area contributed by atoms with Crippen LogP contribution in [0.4, 0.5) is 4.39 Å². The van der Waals surface area contributed by atoms with Crippen molar-refractivity contribution in [3.8, 4) is 0 Å². The van der Waals surface area contributed by atoms with Crippen molar-refractivity contribution in [3.05, 3.63) is 71.0 Å². The van der Waals surface area contributed by atoms with Crippen molar-refractivity contribution in [2.75, 3.05) is 0 Å². The van der Waals surface area contributed by atoms with E-state index < -0.39 is 5.97 Å². The van der Waals surface area contributed by atoms with E-state index in [9.17, 15) is 9.18 Å². The molecule has 2 rings (SSSR count). The predicted octanol–water partition coefficient (Wildman–Crippen LogP) is 3.04. The van der Waals surface area contributed by atoms with E-state index in [-0.39, 0.29) is 12.2 Å². The second-order valence-electron chi connectivity index (χ2n) is 4.14. The van der Waals surface area contributed by atoms with Gasteiger partial charge in [-0.15, -0.1) is 0 Å². The Bertz CT molecular complexity index is 547. The van der Waals surface area contributed by atoms with Crippen LogP contribution >= 0.6 is 0 Å². The van der Waals surface area contributed by atoms with E-state index in [1.54, 1.807) is 12.1 Å². The first kappa shape index (κ1) is 12.3. The first-order valence-electron chi connectivity index (χ1n) is 5.68. The Kier molecular flexibility index (Phi) is 3.72. The monoisotopic (exact) mass is 244 g/mol. The fraction of sp³-hybridized carbons (Fsp3) is 0.133. The van der Waals surface area contributed by atoms with Crippen LogP contribution in [-0.4, -0.2) is 11.1 Å². The molecule has 0 amide bonds. The van der Waals surface area contributed by atoms with Crippen LogP contribution in [0, 0.1) is 5.82 Å². The minimum Gasteiger partial charge on any atom is -0.481 e. The average Bonchev–Trinajstić information content (AvgIpc) is 2.34. The van der Waals surface area contributed by atoms with Crippen molar-refractivity contribution in [2.24, 2.45) is 0 Å². The molecule has 0 saturated carbocycles. The lowest BCUT2D eigenvalue weighted by Gasteiger charge is -2.07. The zero-order valence-electron chi connectivity index (χ0n) is 9.77. The molecular weight excluding hydrogens is 231 g/mol. The van der Waals surface area contributed by atoms with Crippen LogP contribution in [0.3, 0.4) is 0 Å². The highest BCUT2D eigenvalue weighted by molar-refractivity contribution is 5.70. The molecule has 0 radical (unpaired) electrons. The Balaban J connectivity index is 2.23. The second-order valence-corrected chi connectivity index (χ2v) is 4.14. The molecule has 92 valence electrons. The smallest absolute Gasteiger partial charge is 0.307 e. The third kappa shape index (κ3) is 3.17. The van der Waals surface area contributed by atoms with Crippen molar-refractivity contribution in [3.63, 3.8) is 0 Å². The molecule has 0 aliphatic rings. The Morgan fingerprint density at radius 3 is 2.22 bits per heavy atom. The average molecular weight is 244 g/mol. The van der Waals surface area contributed by atoms with E-state index in [2.05, 4.69) is 0 Å². The van der Waals surface area contributed by atoms with Gasteiger partial charge >= 0.3 is 5.97 Å². The van der Waals surface area contributed by atoms with Crippen molar-refractivity contribution in [1.29, 1.82) is 0 Å². The molecule has 0 spiro atoms. The molecule has 2 nitrogen and oxygen atoms in total. The summed E-state index contributed by atoms with van der Waals surface area (Å²) >= 11 is 0. The van der Waals surface area contributed by atoms with E-state index in [1.165, 1.54) is 12.1 Å². The number of carboxylic acid groups (broad SMARTS) is 1. The zero-order chi connectivity index (χ0) is 13.0. The fourth-order valence-electron chi connectivity index (χ4n) is 1.89. The zero-order valence-corrected chi connectivity index (χ0v) is 9.77. The van der Waals surface area contributed by atoms with Crippen molar-refractivity contribution < 1.29 is 14.3 Å². The van der Waals surface area contributed by atoms with Gasteiger partial charge in [-0.1, -0.05) is 36.4 Å². The van der Waals surface area contributed by atoms with Crippen molar-refractivity contribution >= 4 is 5.97 Å². The number of hydrogen-bond acceptors (Lipinski definition) is 1. The van der Waals surface area contributed by atoms with Crippen LogP contribution in [0.2, 0.25) is 0 Å². The van der Waals surface area contributed by atoms with Gasteiger partial charge in [0.05, 0.1) is 6.42 Å². The van der Waals surface area contributed by atoms with E-state index in [4.69, 9.17) is 5.11 Å². The molecule has 2 aromatic rings. The number of halogens is 1.